The number of nitrogens with two attached hydrogens (primary N) is 1. The van der Waals surface area contributed by atoms with Gasteiger partial charge >= 0.3 is 0 Å². The van der Waals surface area contributed by atoms with Crippen LogP contribution in [0.3, 0.4) is 0 Å². The van der Waals surface area contributed by atoms with Crippen molar-refractivity contribution in [3.05, 3.63) is 23.8 Å². The maximum atomic E-state index is 5.76. The van der Waals surface area contributed by atoms with Crippen molar-refractivity contribution in [3.8, 4) is 0 Å². The van der Waals surface area contributed by atoms with E-state index < -0.39 is 0 Å². The quantitative estimate of drug-likeness (QED) is 0.538. The van der Waals surface area contributed by atoms with Gasteiger partial charge < -0.3 is 15.8 Å². The van der Waals surface area contributed by atoms with E-state index in [9.17, 15) is 0 Å². The summed E-state index contributed by atoms with van der Waals surface area (Å²) in [5.74, 6) is 0. The molecule has 0 amide bonds. The van der Waals surface area contributed by atoms with Gasteiger partial charge in [0.05, 0.1) is 0 Å². The van der Waals surface area contributed by atoms with Crippen molar-refractivity contribution in [2.24, 2.45) is 0 Å². The molecule has 0 aliphatic rings. The van der Waals surface area contributed by atoms with Gasteiger partial charge in [-0.3, -0.25) is 0 Å². The molecular weight excluding hydrogens is 212 g/mol. The molecule has 96 valence electrons. The van der Waals surface area contributed by atoms with Gasteiger partial charge in [-0.25, -0.2) is 0 Å². The summed E-state index contributed by atoms with van der Waals surface area (Å²) < 4.78 is 5.49. The van der Waals surface area contributed by atoms with Crippen molar-refractivity contribution in [2.75, 3.05) is 30.8 Å². The van der Waals surface area contributed by atoms with Gasteiger partial charge in [0.25, 0.3) is 0 Å². The molecule has 0 aliphatic heterocycles. The second-order valence-corrected chi connectivity index (χ2v) is 4.32. The van der Waals surface area contributed by atoms with E-state index in [4.69, 9.17) is 10.5 Å². The van der Waals surface area contributed by atoms with E-state index in [2.05, 4.69) is 18.3 Å². The third-order valence-electron chi connectivity index (χ3n) is 2.71. The lowest BCUT2D eigenvalue weighted by Gasteiger charge is -2.08. The first-order valence-electron chi connectivity index (χ1n) is 6.41. The number of nitrogens with one attached hydrogen (secondary N) is 1. The second kappa shape index (κ2) is 7.96. The third-order valence-corrected chi connectivity index (χ3v) is 2.71. The summed E-state index contributed by atoms with van der Waals surface area (Å²) in [5.41, 5.74) is 8.86. The van der Waals surface area contributed by atoms with Gasteiger partial charge in [-0.05, 0) is 43.5 Å². The molecule has 0 radical (unpaired) electrons. The number of ether oxygens (including phenoxy) is 1. The standard InChI is InChI=1S/C14H24N2O/c1-3-4-9-17-10-5-8-16-13-6-7-14(15)12(2)11-13/h6-7,11,16H,3-5,8-10,15H2,1-2H3. The SMILES string of the molecule is CCCCOCCCNc1ccc(N)c(C)c1. The predicted octanol–water partition coefficient (Wildman–Crippen LogP) is 3.20. The number of anilines is 2. The van der Waals surface area contributed by atoms with Crippen LogP contribution in [0.4, 0.5) is 11.4 Å². The first-order chi connectivity index (χ1) is 8.24. The highest BCUT2D eigenvalue weighted by Crippen LogP contribution is 2.16. The molecule has 0 aromatic heterocycles. The van der Waals surface area contributed by atoms with Gasteiger partial charge in [0.2, 0.25) is 0 Å². The fraction of sp³-hybridized carbons (Fsp3) is 0.571. The first-order valence-corrected chi connectivity index (χ1v) is 6.41. The van der Waals surface area contributed by atoms with Gasteiger partial charge in [0, 0.05) is 31.1 Å². The summed E-state index contributed by atoms with van der Waals surface area (Å²) in [7, 11) is 0. The highest BCUT2D eigenvalue weighted by Gasteiger charge is 1.96. The van der Waals surface area contributed by atoms with Crippen LogP contribution in [0.25, 0.3) is 0 Å². The van der Waals surface area contributed by atoms with Crippen LogP contribution in [0.5, 0.6) is 0 Å². The lowest BCUT2D eigenvalue weighted by Crippen LogP contribution is -2.06. The highest BCUT2D eigenvalue weighted by atomic mass is 16.5. The van der Waals surface area contributed by atoms with E-state index in [0.717, 1.165) is 49.5 Å². The minimum absolute atomic E-state index is 0.834. The number of hydrogen-bond donors (Lipinski definition) is 2. The Balaban J connectivity index is 2.11. The number of aryl methyl sites for hydroxylation is 1. The van der Waals surface area contributed by atoms with Crippen molar-refractivity contribution in [2.45, 2.75) is 33.1 Å². The van der Waals surface area contributed by atoms with Crippen LogP contribution in [0.15, 0.2) is 18.2 Å². The Kier molecular flexibility index (Phi) is 6.48. The summed E-state index contributed by atoms with van der Waals surface area (Å²) in [6, 6.07) is 6.03. The molecule has 0 unspecified atom stereocenters. The van der Waals surface area contributed by atoms with Crippen LogP contribution in [-0.4, -0.2) is 19.8 Å². The largest absolute Gasteiger partial charge is 0.399 e. The molecule has 0 heterocycles. The molecule has 1 aromatic rings. The van der Waals surface area contributed by atoms with Gasteiger partial charge in [0.15, 0.2) is 0 Å². The number of hydrogen-bond acceptors (Lipinski definition) is 3. The van der Waals surface area contributed by atoms with E-state index >= 15 is 0 Å². The fourth-order valence-electron chi connectivity index (χ4n) is 1.54. The molecule has 0 saturated carbocycles. The topological polar surface area (TPSA) is 47.3 Å². The first kappa shape index (κ1) is 13.8. The van der Waals surface area contributed by atoms with Crippen LogP contribution in [0.2, 0.25) is 0 Å². The van der Waals surface area contributed by atoms with Crippen molar-refractivity contribution in [1.29, 1.82) is 0 Å². The Hall–Kier alpha value is -1.22. The molecule has 17 heavy (non-hydrogen) atoms. The molecule has 0 aliphatic carbocycles. The zero-order chi connectivity index (χ0) is 12.5. The highest BCUT2D eigenvalue weighted by molar-refractivity contribution is 5.56. The van der Waals surface area contributed by atoms with E-state index in [1.54, 1.807) is 0 Å². The monoisotopic (exact) mass is 236 g/mol. The van der Waals surface area contributed by atoms with Crippen LogP contribution >= 0.6 is 0 Å². The van der Waals surface area contributed by atoms with Crippen LogP contribution in [-0.2, 0) is 4.74 Å². The average Bonchev–Trinajstić information content (AvgIpc) is 2.32. The molecule has 3 N–H and O–H groups in total. The molecular formula is C14H24N2O. The lowest BCUT2D eigenvalue weighted by atomic mass is 10.2. The molecule has 1 rings (SSSR count). The summed E-state index contributed by atoms with van der Waals surface area (Å²) in [6.07, 6.45) is 3.39. The molecule has 0 fully saturated rings. The smallest absolute Gasteiger partial charge is 0.0482 e. The molecule has 0 bridgehead atoms. The minimum Gasteiger partial charge on any atom is -0.399 e. The Morgan fingerprint density at radius 2 is 2.00 bits per heavy atom. The van der Waals surface area contributed by atoms with Crippen LogP contribution in [0, 0.1) is 6.92 Å². The molecule has 0 spiro atoms. The lowest BCUT2D eigenvalue weighted by molar-refractivity contribution is 0.131. The molecule has 1 aromatic carbocycles. The number of nitrogen functional groups attached to an aromatic ring is 1. The van der Waals surface area contributed by atoms with Crippen molar-refractivity contribution >= 4 is 11.4 Å². The normalized spacial score (nSPS) is 10.5. The Morgan fingerprint density at radius 1 is 1.24 bits per heavy atom. The van der Waals surface area contributed by atoms with Crippen LogP contribution < -0.4 is 11.1 Å². The van der Waals surface area contributed by atoms with Gasteiger partial charge in [0.1, 0.15) is 0 Å². The summed E-state index contributed by atoms with van der Waals surface area (Å²) in [5, 5.41) is 3.37. The second-order valence-electron chi connectivity index (χ2n) is 4.32. The van der Waals surface area contributed by atoms with Crippen molar-refractivity contribution < 1.29 is 4.74 Å². The summed E-state index contributed by atoms with van der Waals surface area (Å²) >= 11 is 0. The zero-order valence-corrected chi connectivity index (χ0v) is 11.0. The average molecular weight is 236 g/mol. The maximum absolute atomic E-state index is 5.76. The maximum Gasteiger partial charge on any atom is 0.0482 e. The van der Waals surface area contributed by atoms with E-state index in [0.29, 0.717) is 0 Å². The third kappa shape index (κ3) is 5.59. The fourth-order valence-corrected chi connectivity index (χ4v) is 1.54. The van der Waals surface area contributed by atoms with Gasteiger partial charge in [-0.2, -0.15) is 0 Å². The number of benzene rings is 1. The summed E-state index contributed by atoms with van der Waals surface area (Å²) in [6.45, 7) is 6.86. The number of rotatable bonds is 8. The number of unbranched alkanes of at least 4 members (excludes halogenated alkanes) is 1. The van der Waals surface area contributed by atoms with E-state index in [-0.39, 0.29) is 0 Å². The molecule has 3 heteroatoms. The Labute approximate surface area is 104 Å². The predicted molar refractivity (Wildman–Crippen MR) is 74.4 cm³/mol. The van der Waals surface area contributed by atoms with E-state index in [1.807, 2.05) is 19.1 Å². The minimum atomic E-state index is 0.834. The van der Waals surface area contributed by atoms with Crippen LogP contribution in [0.1, 0.15) is 31.7 Å². The molecule has 3 nitrogen and oxygen atoms in total. The van der Waals surface area contributed by atoms with Gasteiger partial charge in [-0.15, -0.1) is 0 Å². The molecule has 0 atom stereocenters. The van der Waals surface area contributed by atoms with Crippen molar-refractivity contribution in [1.82, 2.24) is 0 Å². The van der Waals surface area contributed by atoms with Gasteiger partial charge in [-0.1, -0.05) is 13.3 Å². The Bertz CT molecular complexity index is 326. The van der Waals surface area contributed by atoms with Crippen molar-refractivity contribution in [3.63, 3.8) is 0 Å². The molecule has 0 saturated heterocycles. The Morgan fingerprint density at radius 3 is 2.71 bits per heavy atom. The zero-order valence-electron chi connectivity index (χ0n) is 11.0. The summed E-state index contributed by atoms with van der Waals surface area (Å²) in [4.78, 5) is 0. The van der Waals surface area contributed by atoms with E-state index in [1.165, 1.54) is 6.42 Å².